The van der Waals surface area contributed by atoms with Crippen molar-refractivity contribution in [3.05, 3.63) is 30.5 Å². The zero-order valence-corrected chi connectivity index (χ0v) is 13.2. The Morgan fingerprint density at radius 3 is 2.71 bits per heavy atom. The van der Waals surface area contributed by atoms with Crippen molar-refractivity contribution in [2.24, 2.45) is 5.41 Å². The number of methoxy groups -OCH3 is 1. The number of hydrogen-bond acceptors (Lipinski definition) is 3. The second-order valence-corrected chi connectivity index (χ2v) is 5.86. The number of carbonyl (C=O) groups is 1. The van der Waals surface area contributed by atoms with E-state index < -0.39 is 5.41 Å². The lowest BCUT2D eigenvalue weighted by atomic mass is 9.93. The van der Waals surface area contributed by atoms with Crippen LogP contribution in [-0.2, 0) is 16.1 Å². The highest BCUT2D eigenvalue weighted by Crippen LogP contribution is 2.29. The van der Waals surface area contributed by atoms with Crippen molar-refractivity contribution in [3.8, 4) is 5.75 Å². The first-order valence-electron chi connectivity index (χ1n) is 7.28. The first kappa shape index (κ1) is 15.4. The van der Waals surface area contributed by atoms with Crippen molar-refractivity contribution in [3.63, 3.8) is 0 Å². The van der Waals surface area contributed by atoms with E-state index in [1.807, 2.05) is 44.3 Å². The van der Waals surface area contributed by atoms with Crippen molar-refractivity contribution in [2.45, 2.75) is 33.7 Å². The molecule has 1 aromatic carbocycles. The number of hydrogen-bond donors (Lipinski definition) is 0. The van der Waals surface area contributed by atoms with Crippen molar-refractivity contribution >= 4 is 16.9 Å². The van der Waals surface area contributed by atoms with E-state index in [9.17, 15) is 4.79 Å². The van der Waals surface area contributed by atoms with E-state index >= 15 is 0 Å². The molecule has 0 aliphatic rings. The van der Waals surface area contributed by atoms with Crippen LogP contribution in [0.1, 0.15) is 27.2 Å². The van der Waals surface area contributed by atoms with E-state index in [0.29, 0.717) is 13.2 Å². The van der Waals surface area contributed by atoms with Crippen LogP contribution in [0.5, 0.6) is 5.75 Å². The SMILES string of the molecule is CCCOc1cccc2c1ccn2CC(C)(C)C(=O)OC. The van der Waals surface area contributed by atoms with Crippen LogP contribution in [-0.4, -0.2) is 24.3 Å². The standard InChI is InChI=1S/C17H23NO3/c1-5-11-21-15-8-6-7-14-13(15)9-10-18(14)12-17(2,3)16(19)20-4/h6-10H,5,11-12H2,1-4H3. The Morgan fingerprint density at radius 2 is 2.05 bits per heavy atom. The van der Waals surface area contributed by atoms with Gasteiger partial charge in [-0.05, 0) is 38.5 Å². The van der Waals surface area contributed by atoms with E-state index in [4.69, 9.17) is 9.47 Å². The Bertz CT molecular complexity index is 628. The summed E-state index contributed by atoms with van der Waals surface area (Å²) in [5.74, 6) is 0.687. The molecule has 0 N–H and O–H groups in total. The maximum absolute atomic E-state index is 11.8. The molecule has 0 aliphatic carbocycles. The van der Waals surface area contributed by atoms with Gasteiger partial charge < -0.3 is 14.0 Å². The maximum Gasteiger partial charge on any atom is 0.313 e. The lowest BCUT2D eigenvalue weighted by Gasteiger charge is -2.22. The molecule has 4 heteroatoms. The third-order valence-corrected chi connectivity index (χ3v) is 3.54. The number of rotatable bonds is 6. The molecule has 0 unspecified atom stereocenters. The van der Waals surface area contributed by atoms with Gasteiger partial charge in [0.05, 0.1) is 24.6 Å². The Kier molecular flexibility index (Phi) is 4.56. The molecular weight excluding hydrogens is 266 g/mol. The van der Waals surface area contributed by atoms with Crippen LogP contribution >= 0.6 is 0 Å². The highest BCUT2D eigenvalue weighted by Gasteiger charge is 2.29. The zero-order valence-electron chi connectivity index (χ0n) is 13.2. The van der Waals surface area contributed by atoms with Crippen molar-refractivity contribution in [1.29, 1.82) is 0 Å². The Hall–Kier alpha value is -1.97. The average Bonchev–Trinajstić information content (AvgIpc) is 2.87. The summed E-state index contributed by atoms with van der Waals surface area (Å²) >= 11 is 0. The molecule has 4 nitrogen and oxygen atoms in total. The van der Waals surface area contributed by atoms with E-state index in [1.165, 1.54) is 7.11 Å². The van der Waals surface area contributed by atoms with Gasteiger partial charge in [-0.3, -0.25) is 4.79 Å². The Labute approximate surface area is 125 Å². The van der Waals surface area contributed by atoms with Crippen LogP contribution in [0.3, 0.4) is 0 Å². The molecule has 0 aliphatic heterocycles. The summed E-state index contributed by atoms with van der Waals surface area (Å²) in [6.07, 6.45) is 2.97. The van der Waals surface area contributed by atoms with Gasteiger partial charge in [-0.25, -0.2) is 0 Å². The summed E-state index contributed by atoms with van der Waals surface area (Å²) in [6, 6.07) is 8.04. The summed E-state index contributed by atoms with van der Waals surface area (Å²) < 4.78 is 12.7. The van der Waals surface area contributed by atoms with Gasteiger partial charge in [0.15, 0.2) is 0 Å². The molecule has 1 heterocycles. The number of aromatic nitrogens is 1. The number of esters is 1. The normalized spacial score (nSPS) is 11.6. The number of nitrogens with zero attached hydrogens (tertiary/aromatic N) is 1. The molecule has 0 radical (unpaired) electrons. The summed E-state index contributed by atoms with van der Waals surface area (Å²) in [6.45, 7) is 7.15. The first-order chi connectivity index (χ1) is 9.99. The fraction of sp³-hybridized carbons (Fsp3) is 0.471. The minimum Gasteiger partial charge on any atom is -0.493 e. The Balaban J connectivity index is 2.32. The molecule has 2 aromatic rings. The molecule has 114 valence electrons. The number of carbonyl (C=O) groups excluding carboxylic acids is 1. The summed E-state index contributed by atoms with van der Waals surface area (Å²) in [5, 5.41) is 1.08. The highest BCUT2D eigenvalue weighted by molar-refractivity contribution is 5.86. The summed E-state index contributed by atoms with van der Waals surface area (Å²) in [7, 11) is 1.43. The van der Waals surface area contributed by atoms with E-state index in [2.05, 4.69) is 11.5 Å². The predicted molar refractivity (Wildman–Crippen MR) is 83.5 cm³/mol. The molecule has 0 amide bonds. The van der Waals surface area contributed by atoms with Gasteiger partial charge in [0.25, 0.3) is 0 Å². The third kappa shape index (κ3) is 3.20. The van der Waals surface area contributed by atoms with E-state index in [-0.39, 0.29) is 5.97 Å². The van der Waals surface area contributed by atoms with Crippen molar-refractivity contribution < 1.29 is 14.3 Å². The van der Waals surface area contributed by atoms with Crippen LogP contribution in [0.4, 0.5) is 0 Å². The van der Waals surface area contributed by atoms with E-state index in [0.717, 1.165) is 23.1 Å². The topological polar surface area (TPSA) is 40.5 Å². The van der Waals surface area contributed by atoms with Gasteiger partial charge in [0.2, 0.25) is 0 Å². The molecule has 2 rings (SSSR count). The molecule has 0 atom stereocenters. The maximum atomic E-state index is 11.8. The molecule has 1 aromatic heterocycles. The van der Waals surface area contributed by atoms with Crippen LogP contribution in [0.2, 0.25) is 0 Å². The van der Waals surface area contributed by atoms with Crippen LogP contribution in [0.15, 0.2) is 30.5 Å². The quantitative estimate of drug-likeness (QED) is 0.762. The van der Waals surface area contributed by atoms with Crippen LogP contribution in [0, 0.1) is 5.41 Å². The molecule has 0 spiro atoms. The van der Waals surface area contributed by atoms with Gasteiger partial charge in [-0.1, -0.05) is 13.0 Å². The first-order valence-corrected chi connectivity index (χ1v) is 7.28. The molecule has 0 saturated heterocycles. The van der Waals surface area contributed by atoms with Gasteiger partial charge in [-0.2, -0.15) is 0 Å². The molecular formula is C17H23NO3. The average molecular weight is 289 g/mol. The third-order valence-electron chi connectivity index (χ3n) is 3.54. The summed E-state index contributed by atoms with van der Waals surface area (Å²) in [4.78, 5) is 11.8. The second kappa shape index (κ2) is 6.20. The largest absolute Gasteiger partial charge is 0.493 e. The lowest BCUT2D eigenvalue weighted by molar-refractivity contribution is -0.151. The van der Waals surface area contributed by atoms with E-state index in [1.54, 1.807) is 0 Å². The van der Waals surface area contributed by atoms with Gasteiger partial charge in [0, 0.05) is 18.1 Å². The molecule has 0 saturated carbocycles. The van der Waals surface area contributed by atoms with Gasteiger partial charge >= 0.3 is 5.97 Å². The van der Waals surface area contributed by atoms with Crippen LogP contribution < -0.4 is 4.74 Å². The zero-order chi connectivity index (χ0) is 15.5. The smallest absolute Gasteiger partial charge is 0.313 e. The fourth-order valence-corrected chi connectivity index (χ4v) is 2.44. The minimum absolute atomic E-state index is 0.206. The summed E-state index contributed by atoms with van der Waals surface area (Å²) in [5.41, 5.74) is 0.502. The molecule has 0 bridgehead atoms. The minimum atomic E-state index is -0.568. The lowest BCUT2D eigenvalue weighted by Crippen LogP contribution is -2.30. The van der Waals surface area contributed by atoms with Gasteiger partial charge in [0.1, 0.15) is 5.75 Å². The number of fused-ring (bicyclic) bond motifs is 1. The predicted octanol–water partition coefficient (Wildman–Crippen LogP) is 3.63. The monoisotopic (exact) mass is 289 g/mol. The van der Waals surface area contributed by atoms with Crippen molar-refractivity contribution in [1.82, 2.24) is 4.57 Å². The molecule has 0 fully saturated rings. The van der Waals surface area contributed by atoms with Gasteiger partial charge in [-0.15, -0.1) is 0 Å². The number of benzene rings is 1. The van der Waals surface area contributed by atoms with Crippen LogP contribution in [0.25, 0.3) is 10.9 Å². The van der Waals surface area contributed by atoms with Crippen molar-refractivity contribution in [2.75, 3.05) is 13.7 Å². The Morgan fingerprint density at radius 1 is 1.29 bits per heavy atom. The fourth-order valence-electron chi connectivity index (χ4n) is 2.44. The molecule has 21 heavy (non-hydrogen) atoms. The second-order valence-electron chi connectivity index (χ2n) is 5.86. The number of ether oxygens (including phenoxy) is 2. The highest BCUT2D eigenvalue weighted by atomic mass is 16.5.